The molecule has 2 amide bonds. The summed E-state index contributed by atoms with van der Waals surface area (Å²) < 4.78 is 28.1. The van der Waals surface area contributed by atoms with Crippen LogP contribution in [0.15, 0.2) is 74.5 Å². The third-order valence-electron chi connectivity index (χ3n) is 14.3. The Bertz CT molecular complexity index is 3010. The molecule has 16 nitrogen and oxygen atoms in total. The number of benzene rings is 3. The lowest BCUT2D eigenvalue weighted by Crippen LogP contribution is -2.53. The number of carbonyl (C=O) groups excluding carboxylic acids is 2. The Morgan fingerprint density at radius 3 is 2.46 bits per heavy atom. The molecule has 4 aliphatic heterocycles. The van der Waals surface area contributed by atoms with E-state index in [-0.39, 0.29) is 18.7 Å². The largest absolute Gasteiger partial charge is 0.494 e. The van der Waals surface area contributed by atoms with Gasteiger partial charge in [-0.25, -0.2) is 9.78 Å². The van der Waals surface area contributed by atoms with Gasteiger partial charge in [0, 0.05) is 105 Å². The smallest absolute Gasteiger partial charge is 0.420 e. The first kappa shape index (κ1) is 46.1. The number of fused-ring (bicyclic) bond motifs is 2. The molecule has 0 aliphatic carbocycles. The second kappa shape index (κ2) is 19.4. The SMILES string of the molecule is CCc1cc(Nc2ncc(Br)c(Nc3ccc4nc(C)ccc4c3P3(=O)CCCC3)n2)c(OC)cc1N1CCC(N2CCN(CCc3ccc4c(c3)oc(=O)n4C3CCC(=O)NC3=O)CC2)CC1. The number of aryl methyl sites for hydroxylation is 2. The second-order valence-corrected chi connectivity index (χ2v) is 22.5. The molecule has 0 radical (unpaired) electrons. The Kier molecular flexibility index (Phi) is 13.2. The van der Waals surface area contributed by atoms with Crippen LogP contribution in [-0.2, 0) is 27.0 Å². The molecule has 0 saturated carbocycles. The highest BCUT2D eigenvalue weighted by molar-refractivity contribution is 9.10. The summed E-state index contributed by atoms with van der Waals surface area (Å²) in [5, 5.41) is 11.1. The molecule has 1 unspecified atom stereocenters. The van der Waals surface area contributed by atoms with Crippen molar-refractivity contribution < 1.29 is 23.3 Å². The van der Waals surface area contributed by atoms with E-state index in [1.807, 2.05) is 43.3 Å². The van der Waals surface area contributed by atoms with Gasteiger partial charge in [0.1, 0.15) is 24.8 Å². The highest BCUT2D eigenvalue weighted by Crippen LogP contribution is 2.54. The molecular formula is C50H58BrN10O6P. The van der Waals surface area contributed by atoms with Gasteiger partial charge in [-0.05, 0) is 115 Å². The zero-order chi connectivity index (χ0) is 47.1. The Morgan fingerprint density at radius 1 is 0.912 bits per heavy atom. The van der Waals surface area contributed by atoms with Gasteiger partial charge in [-0.3, -0.25) is 29.4 Å². The lowest BCUT2D eigenvalue weighted by atomic mass is 9.99. The van der Waals surface area contributed by atoms with E-state index in [0.29, 0.717) is 51.5 Å². The summed E-state index contributed by atoms with van der Waals surface area (Å²) in [6, 6.07) is 17.9. The summed E-state index contributed by atoms with van der Waals surface area (Å²) in [5.74, 6) is 0.322. The summed E-state index contributed by atoms with van der Waals surface area (Å²) in [6.45, 7) is 11.0. The number of aromatic nitrogens is 4. The zero-order valence-electron chi connectivity index (χ0n) is 38.9. The number of methoxy groups -OCH3 is 1. The fourth-order valence-corrected chi connectivity index (χ4v) is 14.3. The maximum atomic E-state index is 14.5. The van der Waals surface area contributed by atoms with Crippen LogP contribution in [0.5, 0.6) is 5.75 Å². The van der Waals surface area contributed by atoms with Crippen molar-refractivity contribution in [3.8, 4) is 5.75 Å². The summed E-state index contributed by atoms with van der Waals surface area (Å²) >= 11 is 3.67. The van der Waals surface area contributed by atoms with Crippen molar-refractivity contribution in [2.45, 2.75) is 77.3 Å². The average Bonchev–Trinajstić information content (AvgIpc) is 3.93. The highest BCUT2D eigenvalue weighted by atomic mass is 79.9. The topological polar surface area (TPSA) is 180 Å². The quantitative estimate of drug-likeness (QED) is 0.0759. The minimum atomic E-state index is -2.63. The molecule has 7 heterocycles. The first-order chi connectivity index (χ1) is 33.0. The second-order valence-electron chi connectivity index (χ2n) is 18.6. The van der Waals surface area contributed by atoms with E-state index in [0.717, 1.165) is 123 Å². The number of rotatable bonds is 13. The number of hydrogen-bond acceptors (Lipinski definition) is 14. The third kappa shape index (κ3) is 9.29. The summed E-state index contributed by atoms with van der Waals surface area (Å²) in [7, 11) is -0.939. The van der Waals surface area contributed by atoms with Crippen LogP contribution in [0, 0.1) is 6.92 Å². The standard InChI is InChI=1S/C50H58BrN10O6P/c1-4-33-28-39(55-49-52-30-36(51)47(57-49)54-38-11-10-37-35(9-7-31(2)53-37)46(38)68(65)25-5-6-26-68)43(66-3)29-42(33)60-19-16-34(17-20-60)59-23-21-58(22-24-59)18-15-32-8-12-40-44(27-32)67-50(64)61(40)41-13-14-45(62)56-48(41)63/h7-12,27-30,34,41H,4-6,13-26H2,1-3H3,(H,56,62,63)(H2,52,54,55,57). The molecule has 356 valence electrons. The van der Waals surface area contributed by atoms with E-state index < -0.39 is 24.8 Å². The van der Waals surface area contributed by atoms with E-state index in [9.17, 15) is 18.9 Å². The van der Waals surface area contributed by atoms with Gasteiger partial charge in [-0.15, -0.1) is 0 Å². The van der Waals surface area contributed by atoms with Crippen LogP contribution in [0.2, 0.25) is 0 Å². The van der Waals surface area contributed by atoms with Gasteiger partial charge in [-0.1, -0.05) is 19.1 Å². The third-order valence-corrected chi connectivity index (χ3v) is 18.3. The number of imide groups is 1. The lowest BCUT2D eigenvalue weighted by Gasteiger charge is -2.43. The number of piperidine rings is 2. The van der Waals surface area contributed by atoms with Crippen molar-refractivity contribution in [3.63, 3.8) is 0 Å². The molecule has 3 N–H and O–H groups in total. The molecule has 6 aromatic rings. The number of hydrogen-bond donors (Lipinski definition) is 3. The van der Waals surface area contributed by atoms with Crippen molar-refractivity contribution in [1.82, 2.24) is 34.6 Å². The molecule has 4 saturated heterocycles. The van der Waals surface area contributed by atoms with Crippen molar-refractivity contribution in [1.29, 1.82) is 0 Å². The number of ether oxygens (including phenoxy) is 1. The van der Waals surface area contributed by atoms with Gasteiger partial charge in [0.15, 0.2) is 5.58 Å². The van der Waals surface area contributed by atoms with Gasteiger partial charge in [0.2, 0.25) is 17.8 Å². The van der Waals surface area contributed by atoms with Crippen LogP contribution >= 0.6 is 23.1 Å². The fraction of sp³-hybridized carbons (Fsp3) is 0.440. The van der Waals surface area contributed by atoms with Gasteiger partial charge in [-0.2, -0.15) is 4.98 Å². The monoisotopic (exact) mass is 1000 g/mol. The van der Waals surface area contributed by atoms with Crippen LogP contribution in [0.4, 0.5) is 28.8 Å². The van der Waals surface area contributed by atoms with Gasteiger partial charge in [0.25, 0.3) is 0 Å². The van der Waals surface area contributed by atoms with E-state index in [1.54, 1.807) is 13.3 Å². The molecule has 3 aromatic carbocycles. The lowest BCUT2D eigenvalue weighted by molar-refractivity contribution is -0.135. The molecule has 18 heteroatoms. The number of halogens is 1. The number of amides is 2. The van der Waals surface area contributed by atoms with Gasteiger partial charge < -0.3 is 34.2 Å². The first-order valence-electron chi connectivity index (χ1n) is 23.9. The maximum absolute atomic E-state index is 14.5. The molecular weight excluding hydrogens is 947 g/mol. The van der Waals surface area contributed by atoms with E-state index in [4.69, 9.17) is 19.1 Å². The van der Waals surface area contributed by atoms with E-state index in [1.165, 1.54) is 15.8 Å². The van der Waals surface area contributed by atoms with E-state index >= 15 is 0 Å². The van der Waals surface area contributed by atoms with Crippen LogP contribution < -0.4 is 36.6 Å². The fourth-order valence-electron chi connectivity index (χ4n) is 10.7. The number of carbonyl (C=O) groups is 2. The van der Waals surface area contributed by atoms with Gasteiger partial charge >= 0.3 is 5.76 Å². The Balaban J connectivity index is 0.754. The summed E-state index contributed by atoms with van der Waals surface area (Å²) in [6.07, 6.45) is 9.34. The number of oxazole rings is 1. The molecule has 10 rings (SSSR count). The van der Waals surface area contributed by atoms with Crippen LogP contribution in [0.25, 0.3) is 22.0 Å². The predicted octanol–water partition coefficient (Wildman–Crippen LogP) is 7.65. The van der Waals surface area contributed by atoms with Crippen LogP contribution in [-0.4, -0.2) is 112 Å². The van der Waals surface area contributed by atoms with Crippen LogP contribution in [0.1, 0.15) is 68.3 Å². The molecule has 0 bridgehead atoms. The van der Waals surface area contributed by atoms with Crippen LogP contribution in [0.3, 0.4) is 0 Å². The van der Waals surface area contributed by atoms with Crippen molar-refractivity contribution in [2.75, 3.05) is 80.8 Å². The molecule has 0 spiro atoms. The molecule has 4 aliphatic rings. The Hall–Kier alpha value is -5.61. The first-order valence-corrected chi connectivity index (χ1v) is 26.8. The summed E-state index contributed by atoms with van der Waals surface area (Å²) in [5.41, 5.74) is 7.86. The molecule has 1 atom stereocenters. The predicted molar refractivity (Wildman–Crippen MR) is 270 cm³/mol. The maximum Gasteiger partial charge on any atom is 0.420 e. The average molecular weight is 1010 g/mol. The van der Waals surface area contributed by atoms with Crippen molar-refractivity contribution in [2.24, 2.45) is 0 Å². The highest BCUT2D eigenvalue weighted by Gasteiger charge is 2.35. The Labute approximate surface area is 403 Å². The normalized spacial score (nSPS) is 19.5. The summed E-state index contributed by atoms with van der Waals surface area (Å²) in [4.78, 5) is 58.9. The number of piperazine rings is 1. The number of nitrogens with one attached hydrogen (secondary N) is 3. The molecule has 4 fully saturated rings. The number of nitrogens with zero attached hydrogens (tertiary/aromatic N) is 7. The van der Waals surface area contributed by atoms with Gasteiger partial charge in [0.05, 0.1) is 34.0 Å². The van der Waals surface area contributed by atoms with Crippen molar-refractivity contribution in [3.05, 3.63) is 92.6 Å². The number of anilines is 5. The Morgan fingerprint density at radius 2 is 1.71 bits per heavy atom. The van der Waals surface area contributed by atoms with E-state index in [2.05, 4.69) is 76.7 Å². The molecule has 68 heavy (non-hydrogen) atoms. The zero-order valence-corrected chi connectivity index (χ0v) is 41.3. The number of pyridine rings is 1. The molecule has 3 aromatic heterocycles. The van der Waals surface area contributed by atoms with Crippen molar-refractivity contribution >= 4 is 91.0 Å². The minimum absolute atomic E-state index is 0.191. The minimum Gasteiger partial charge on any atom is -0.494 e.